The lowest BCUT2D eigenvalue weighted by molar-refractivity contribution is 0.474. The Kier molecular flexibility index (Phi) is 3.96. The molecule has 0 bridgehead atoms. The fourth-order valence-corrected chi connectivity index (χ4v) is 5.57. The van der Waals surface area contributed by atoms with Crippen molar-refractivity contribution in [3.63, 3.8) is 0 Å². The summed E-state index contributed by atoms with van der Waals surface area (Å²) in [6.07, 6.45) is 0.864. The number of benzene rings is 4. The Morgan fingerprint density at radius 1 is 0.758 bits per heavy atom. The Hall–Kier alpha value is -3.96. The molecular formula is C28H19N3OS. The third kappa shape index (κ3) is 2.82. The minimum Gasteiger partial charge on any atom is -0.453 e. The van der Waals surface area contributed by atoms with E-state index in [9.17, 15) is 0 Å². The molecule has 2 aromatic heterocycles. The lowest BCUT2D eigenvalue weighted by atomic mass is 10.0. The predicted molar refractivity (Wildman–Crippen MR) is 135 cm³/mol. The molecule has 6 aromatic rings. The van der Waals surface area contributed by atoms with E-state index in [-0.39, 0.29) is 0 Å². The number of aryl methyl sites for hydroxylation is 1. The fourth-order valence-electron chi connectivity index (χ4n) is 4.60. The smallest absolute Gasteiger partial charge is 0.153 e. The summed E-state index contributed by atoms with van der Waals surface area (Å²) in [4.78, 5) is 9.60. The number of nitrogens with zero attached hydrogens (tertiary/aromatic N) is 3. The quantitative estimate of drug-likeness (QED) is 0.281. The summed E-state index contributed by atoms with van der Waals surface area (Å²) in [7, 11) is 0. The number of para-hydroxylation sites is 2. The van der Waals surface area contributed by atoms with Gasteiger partial charge in [-0.25, -0.2) is 9.97 Å². The summed E-state index contributed by atoms with van der Waals surface area (Å²) in [5.74, 6) is 2.76. The number of hydrogen-bond donors (Lipinski definition) is 0. The molecule has 0 N–H and O–H groups in total. The van der Waals surface area contributed by atoms with Crippen LogP contribution in [0.5, 0.6) is 11.5 Å². The van der Waals surface area contributed by atoms with E-state index < -0.39 is 0 Å². The van der Waals surface area contributed by atoms with Crippen LogP contribution in [-0.4, -0.2) is 14.5 Å². The Morgan fingerprint density at radius 2 is 1.55 bits per heavy atom. The highest BCUT2D eigenvalue weighted by Crippen LogP contribution is 2.43. The van der Waals surface area contributed by atoms with Gasteiger partial charge in [0.15, 0.2) is 11.5 Å². The van der Waals surface area contributed by atoms with Crippen LogP contribution in [0.25, 0.3) is 48.6 Å². The van der Waals surface area contributed by atoms with Crippen molar-refractivity contribution in [3.8, 4) is 38.9 Å². The topological polar surface area (TPSA) is 39.9 Å². The zero-order valence-electron chi connectivity index (χ0n) is 17.9. The van der Waals surface area contributed by atoms with Crippen molar-refractivity contribution in [1.82, 2.24) is 14.5 Å². The van der Waals surface area contributed by atoms with Crippen molar-refractivity contribution >= 4 is 32.6 Å². The summed E-state index contributed by atoms with van der Waals surface area (Å²) in [6, 6.07) is 29.4. The number of hydrogen-bond acceptors (Lipinski definition) is 4. The maximum atomic E-state index is 6.33. The van der Waals surface area contributed by atoms with Crippen molar-refractivity contribution in [2.45, 2.75) is 13.3 Å². The number of ether oxygens (including phenoxy) is 1. The second-order valence-electron chi connectivity index (χ2n) is 8.19. The minimum absolute atomic E-state index is 0.857. The monoisotopic (exact) mass is 445 g/mol. The summed E-state index contributed by atoms with van der Waals surface area (Å²) >= 11 is 1.73. The average molecular weight is 446 g/mol. The molecule has 158 valence electrons. The van der Waals surface area contributed by atoms with Gasteiger partial charge in [0, 0.05) is 12.0 Å². The van der Waals surface area contributed by atoms with E-state index in [1.165, 1.54) is 4.70 Å². The molecule has 7 rings (SSSR count). The third-order valence-corrected chi connectivity index (χ3v) is 7.29. The largest absolute Gasteiger partial charge is 0.453 e. The lowest BCUT2D eigenvalue weighted by Crippen LogP contribution is -2.07. The average Bonchev–Trinajstić information content (AvgIpc) is 3.47. The van der Waals surface area contributed by atoms with Gasteiger partial charge >= 0.3 is 0 Å². The summed E-state index contributed by atoms with van der Waals surface area (Å²) in [5, 5.41) is 1.05. The number of aromatic nitrogens is 3. The normalized spacial score (nSPS) is 12.2. The summed E-state index contributed by atoms with van der Waals surface area (Å²) < 4.78 is 9.78. The Balaban J connectivity index is 1.28. The van der Waals surface area contributed by atoms with Crippen LogP contribution in [0.4, 0.5) is 0 Å². The van der Waals surface area contributed by atoms with Gasteiger partial charge in [-0.05, 0) is 47.5 Å². The molecule has 0 radical (unpaired) electrons. The van der Waals surface area contributed by atoms with Gasteiger partial charge in [0.2, 0.25) is 0 Å². The highest BCUT2D eigenvalue weighted by Gasteiger charge is 2.23. The lowest BCUT2D eigenvalue weighted by Gasteiger charge is -2.21. The van der Waals surface area contributed by atoms with Gasteiger partial charge in [-0.1, -0.05) is 55.5 Å². The first-order valence-electron chi connectivity index (χ1n) is 11.1. The minimum atomic E-state index is 0.857. The number of fused-ring (bicyclic) bond motifs is 3. The molecule has 0 atom stereocenters. The van der Waals surface area contributed by atoms with Gasteiger partial charge in [0.05, 0.1) is 21.4 Å². The van der Waals surface area contributed by atoms with Gasteiger partial charge < -0.3 is 4.74 Å². The highest BCUT2D eigenvalue weighted by atomic mass is 32.1. The van der Waals surface area contributed by atoms with E-state index >= 15 is 0 Å². The molecule has 5 heteroatoms. The van der Waals surface area contributed by atoms with Crippen molar-refractivity contribution in [1.29, 1.82) is 0 Å². The zero-order chi connectivity index (χ0) is 21.9. The van der Waals surface area contributed by atoms with Gasteiger partial charge in [0.25, 0.3) is 0 Å². The molecule has 0 spiro atoms. The zero-order valence-corrected chi connectivity index (χ0v) is 18.8. The van der Waals surface area contributed by atoms with Crippen LogP contribution in [0, 0.1) is 0 Å². The van der Waals surface area contributed by atoms with E-state index in [2.05, 4.69) is 72.2 Å². The van der Waals surface area contributed by atoms with E-state index in [4.69, 9.17) is 14.7 Å². The van der Waals surface area contributed by atoms with Gasteiger partial charge in [-0.2, -0.15) is 0 Å². The highest BCUT2D eigenvalue weighted by molar-refractivity contribution is 7.21. The third-order valence-electron chi connectivity index (χ3n) is 6.20. The molecule has 1 aliphatic rings. The van der Waals surface area contributed by atoms with Crippen LogP contribution in [0.3, 0.4) is 0 Å². The van der Waals surface area contributed by atoms with Crippen molar-refractivity contribution < 1.29 is 4.74 Å². The second kappa shape index (κ2) is 7.02. The summed E-state index contributed by atoms with van der Waals surface area (Å²) in [5.41, 5.74) is 7.53. The first-order chi connectivity index (χ1) is 16.3. The second-order valence-corrected chi connectivity index (χ2v) is 9.22. The molecule has 4 aromatic carbocycles. The number of thiazole rings is 1. The van der Waals surface area contributed by atoms with Crippen LogP contribution in [-0.2, 0) is 6.42 Å². The molecule has 0 saturated heterocycles. The number of rotatable bonds is 3. The van der Waals surface area contributed by atoms with Crippen LogP contribution < -0.4 is 4.74 Å². The van der Waals surface area contributed by atoms with Gasteiger partial charge in [-0.3, -0.25) is 4.57 Å². The van der Waals surface area contributed by atoms with E-state index in [1.54, 1.807) is 11.3 Å². The first-order valence-corrected chi connectivity index (χ1v) is 11.9. The fraction of sp³-hybridized carbons (Fsp3) is 0.0714. The van der Waals surface area contributed by atoms with Crippen molar-refractivity contribution in [2.75, 3.05) is 0 Å². The molecular weight excluding hydrogens is 426 g/mol. The van der Waals surface area contributed by atoms with Gasteiger partial charge in [0.1, 0.15) is 16.3 Å². The molecule has 0 saturated carbocycles. The molecule has 1 aliphatic heterocycles. The summed E-state index contributed by atoms with van der Waals surface area (Å²) in [6.45, 7) is 2.14. The maximum Gasteiger partial charge on any atom is 0.153 e. The van der Waals surface area contributed by atoms with Crippen LogP contribution in [0.15, 0.2) is 84.9 Å². The molecule has 0 fully saturated rings. The number of imidazole rings is 1. The van der Waals surface area contributed by atoms with Crippen LogP contribution >= 0.6 is 11.3 Å². The molecule has 4 nitrogen and oxygen atoms in total. The van der Waals surface area contributed by atoms with Gasteiger partial charge in [-0.15, -0.1) is 11.3 Å². The van der Waals surface area contributed by atoms with E-state index in [0.717, 1.165) is 67.7 Å². The van der Waals surface area contributed by atoms with Crippen molar-refractivity contribution in [2.24, 2.45) is 0 Å². The predicted octanol–water partition coefficient (Wildman–Crippen LogP) is 7.64. The van der Waals surface area contributed by atoms with Crippen LogP contribution in [0.2, 0.25) is 0 Å². The Morgan fingerprint density at radius 3 is 2.39 bits per heavy atom. The standard InChI is InChI=1S/C28H19N3OS/c1-2-26-29-21-7-5-8-23-27(21)31(26)22-15-14-19(16-24(22)32-23)17-10-12-18(13-11-17)28-30-20-6-3-4-9-25(20)33-28/h3-16H,2H2,1H3. The molecule has 0 amide bonds. The molecule has 33 heavy (non-hydrogen) atoms. The SMILES string of the molecule is CCc1nc2cccc3c2n1-c1ccc(-c2ccc(-c4nc5ccccc5s4)cc2)cc1O3. The maximum absolute atomic E-state index is 6.33. The Labute approximate surface area is 194 Å². The molecule has 0 aliphatic carbocycles. The van der Waals surface area contributed by atoms with E-state index in [0.29, 0.717) is 0 Å². The first kappa shape index (κ1) is 18.6. The van der Waals surface area contributed by atoms with Crippen LogP contribution in [0.1, 0.15) is 12.7 Å². The molecule has 3 heterocycles. The molecule has 0 unspecified atom stereocenters. The Bertz CT molecular complexity index is 1640. The van der Waals surface area contributed by atoms with Crippen molar-refractivity contribution in [3.05, 3.63) is 90.8 Å². The van der Waals surface area contributed by atoms with E-state index in [1.807, 2.05) is 24.3 Å².